The van der Waals surface area contributed by atoms with Crippen LogP contribution < -0.4 is 5.73 Å². The summed E-state index contributed by atoms with van der Waals surface area (Å²) in [6, 6.07) is 2.37. The van der Waals surface area contributed by atoms with Crippen molar-refractivity contribution in [3.8, 4) is 0 Å². The van der Waals surface area contributed by atoms with Crippen LogP contribution in [-0.2, 0) is 17.7 Å². The van der Waals surface area contributed by atoms with Gasteiger partial charge >= 0.3 is 0 Å². The van der Waals surface area contributed by atoms with Gasteiger partial charge < -0.3 is 10.5 Å². The van der Waals surface area contributed by atoms with E-state index in [0.29, 0.717) is 18.1 Å². The quantitative estimate of drug-likeness (QED) is 0.882. The van der Waals surface area contributed by atoms with Crippen molar-refractivity contribution in [2.45, 2.75) is 64.3 Å². The summed E-state index contributed by atoms with van der Waals surface area (Å²) >= 11 is 0. The Morgan fingerprint density at radius 2 is 2.39 bits per heavy atom. The summed E-state index contributed by atoms with van der Waals surface area (Å²) in [5.41, 5.74) is 8.76. The fourth-order valence-corrected chi connectivity index (χ4v) is 3.56. The molecule has 0 saturated carbocycles. The average Bonchev–Trinajstić information content (AvgIpc) is 3.03. The summed E-state index contributed by atoms with van der Waals surface area (Å²) in [6.07, 6.45) is 5.43. The Bertz CT molecular complexity index is 429. The number of fused-ring (bicyclic) bond motifs is 2. The van der Waals surface area contributed by atoms with Crippen molar-refractivity contribution in [1.29, 1.82) is 0 Å². The van der Waals surface area contributed by atoms with Crippen molar-refractivity contribution in [2.75, 3.05) is 0 Å². The predicted octanol–water partition coefficient (Wildman–Crippen LogP) is 1.65. The molecule has 3 rings (SSSR count). The number of ether oxygens (including phenoxy) is 1. The first kappa shape index (κ1) is 12.2. The van der Waals surface area contributed by atoms with Gasteiger partial charge in [0.2, 0.25) is 0 Å². The highest BCUT2D eigenvalue weighted by molar-refractivity contribution is 5.11. The molecular formula is C14H23N3O. The maximum absolute atomic E-state index is 6.41. The SMILES string of the molecule is CCn1nc(C)cc1CC(N)C1CC2CCC1O2. The number of nitrogens with two attached hydrogens (primary N) is 1. The third-order valence-corrected chi connectivity index (χ3v) is 4.43. The zero-order valence-electron chi connectivity index (χ0n) is 11.3. The number of hydrogen-bond acceptors (Lipinski definition) is 3. The molecular weight excluding hydrogens is 226 g/mol. The first-order valence-electron chi connectivity index (χ1n) is 7.11. The van der Waals surface area contributed by atoms with Gasteiger partial charge in [0, 0.05) is 30.6 Å². The molecule has 18 heavy (non-hydrogen) atoms. The van der Waals surface area contributed by atoms with E-state index in [9.17, 15) is 0 Å². The van der Waals surface area contributed by atoms with Crippen molar-refractivity contribution in [1.82, 2.24) is 9.78 Å². The van der Waals surface area contributed by atoms with E-state index in [1.165, 1.54) is 18.5 Å². The molecule has 4 nitrogen and oxygen atoms in total. The smallest absolute Gasteiger partial charge is 0.0623 e. The van der Waals surface area contributed by atoms with Gasteiger partial charge in [0.05, 0.1) is 17.9 Å². The van der Waals surface area contributed by atoms with E-state index in [0.717, 1.165) is 25.1 Å². The molecule has 1 aromatic heterocycles. The lowest BCUT2D eigenvalue weighted by Gasteiger charge is -2.25. The van der Waals surface area contributed by atoms with E-state index in [2.05, 4.69) is 22.8 Å². The molecule has 0 spiro atoms. The molecule has 0 aliphatic carbocycles. The van der Waals surface area contributed by atoms with Crippen LogP contribution in [-0.4, -0.2) is 28.0 Å². The number of rotatable bonds is 4. The lowest BCUT2D eigenvalue weighted by atomic mass is 9.82. The van der Waals surface area contributed by atoms with Crippen LogP contribution in [0.2, 0.25) is 0 Å². The van der Waals surface area contributed by atoms with E-state index >= 15 is 0 Å². The summed E-state index contributed by atoms with van der Waals surface area (Å²) in [4.78, 5) is 0. The van der Waals surface area contributed by atoms with Crippen LogP contribution in [0.3, 0.4) is 0 Å². The van der Waals surface area contributed by atoms with Gasteiger partial charge in [-0.05, 0) is 39.2 Å². The number of aryl methyl sites for hydroxylation is 2. The molecule has 2 fully saturated rings. The summed E-state index contributed by atoms with van der Waals surface area (Å²) in [6.45, 7) is 5.09. The molecule has 4 atom stereocenters. The number of aromatic nitrogens is 2. The van der Waals surface area contributed by atoms with E-state index < -0.39 is 0 Å². The lowest BCUT2D eigenvalue weighted by molar-refractivity contribution is 0.0884. The Balaban J connectivity index is 1.68. The highest BCUT2D eigenvalue weighted by Crippen LogP contribution is 2.40. The predicted molar refractivity (Wildman–Crippen MR) is 70.3 cm³/mol. The van der Waals surface area contributed by atoms with Crippen molar-refractivity contribution >= 4 is 0 Å². The highest BCUT2D eigenvalue weighted by atomic mass is 16.5. The average molecular weight is 249 g/mol. The molecule has 2 N–H and O–H groups in total. The van der Waals surface area contributed by atoms with Gasteiger partial charge in [0.25, 0.3) is 0 Å². The van der Waals surface area contributed by atoms with E-state index in [1.807, 2.05) is 6.92 Å². The Morgan fingerprint density at radius 3 is 3.00 bits per heavy atom. The molecule has 4 unspecified atom stereocenters. The van der Waals surface area contributed by atoms with Crippen LogP contribution in [0.4, 0.5) is 0 Å². The highest BCUT2D eigenvalue weighted by Gasteiger charge is 2.43. The minimum absolute atomic E-state index is 0.210. The van der Waals surface area contributed by atoms with Gasteiger partial charge in [-0.3, -0.25) is 4.68 Å². The molecule has 4 heteroatoms. The fourth-order valence-electron chi connectivity index (χ4n) is 3.56. The van der Waals surface area contributed by atoms with Gasteiger partial charge in [-0.2, -0.15) is 5.10 Å². The second-order valence-electron chi connectivity index (χ2n) is 5.73. The normalized spacial score (nSPS) is 32.1. The maximum atomic E-state index is 6.41. The Morgan fingerprint density at radius 1 is 1.56 bits per heavy atom. The monoisotopic (exact) mass is 249 g/mol. The summed E-state index contributed by atoms with van der Waals surface area (Å²) in [7, 11) is 0. The zero-order chi connectivity index (χ0) is 12.7. The van der Waals surface area contributed by atoms with E-state index in [1.54, 1.807) is 0 Å². The molecule has 0 amide bonds. The van der Waals surface area contributed by atoms with Gasteiger partial charge in [-0.25, -0.2) is 0 Å². The van der Waals surface area contributed by atoms with Gasteiger partial charge in [0.1, 0.15) is 0 Å². The standard InChI is InChI=1S/C14H23N3O/c1-3-17-10(6-9(2)16-17)7-13(15)12-8-11-4-5-14(12)18-11/h6,11-14H,3-5,7-8,15H2,1-2H3. The number of hydrogen-bond donors (Lipinski definition) is 1. The molecule has 0 radical (unpaired) electrons. The van der Waals surface area contributed by atoms with Crippen LogP contribution in [0.15, 0.2) is 6.07 Å². The van der Waals surface area contributed by atoms with E-state index in [4.69, 9.17) is 10.5 Å². The van der Waals surface area contributed by atoms with Crippen molar-refractivity contribution in [3.63, 3.8) is 0 Å². The molecule has 2 saturated heterocycles. The second kappa shape index (κ2) is 4.67. The Kier molecular flexibility index (Phi) is 3.16. The summed E-state index contributed by atoms with van der Waals surface area (Å²) in [5, 5.41) is 4.49. The van der Waals surface area contributed by atoms with Crippen molar-refractivity contribution in [2.24, 2.45) is 11.7 Å². The minimum Gasteiger partial charge on any atom is -0.375 e. The Labute approximate surface area is 108 Å². The first-order valence-corrected chi connectivity index (χ1v) is 7.11. The number of nitrogens with zero attached hydrogens (tertiary/aromatic N) is 2. The van der Waals surface area contributed by atoms with Gasteiger partial charge in [-0.15, -0.1) is 0 Å². The second-order valence-corrected chi connectivity index (χ2v) is 5.73. The molecule has 2 aliphatic rings. The minimum atomic E-state index is 0.210. The third-order valence-electron chi connectivity index (χ3n) is 4.43. The van der Waals surface area contributed by atoms with Crippen LogP contribution in [0.1, 0.15) is 37.6 Å². The van der Waals surface area contributed by atoms with Crippen molar-refractivity contribution in [3.05, 3.63) is 17.5 Å². The summed E-state index contributed by atoms with van der Waals surface area (Å²) in [5.74, 6) is 0.546. The first-order chi connectivity index (χ1) is 8.67. The van der Waals surface area contributed by atoms with Crippen LogP contribution in [0.25, 0.3) is 0 Å². The maximum Gasteiger partial charge on any atom is 0.0623 e. The van der Waals surface area contributed by atoms with Crippen LogP contribution in [0, 0.1) is 12.8 Å². The van der Waals surface area contributed by atoms with Crippen LogP contribution in [0.5, 0.6) is 0 Å². The molecule has 1 aromatic rings. The third kappa shape index (κ3) is 2.08. The molecule has 100 valence electrons. The van der Waals surface area contributed by atoms with E-state index in [-0.39, 0.29) is 6.04 Å². The topological polar surface area (TPSA) is 53.1 Å². The van der Waals surface area contributed by atoms with Crippen LogP contribution >= 0.6 is 0 Å². The zero-order valence-corrected chi connectivity index (χ0v) is 11.3. The van der Waals surface area contributed by atoms with Crippen molar-refractivity contribution < 1.29 is 4.74 Å². The molecule has 3 heterocycles. The molecule has 2 bridgehead atoms. The van der Waals surface area contributed by atoms with Gasteiger partial charge in [0.15, 0.2) is 0 Å². The Hall–Kier alpha value is -0.870. The summed E-state index contributed by atoms with van der Waals surface area (Å²) < 4.78 is 7.98. The fraction of sp³-hybridized carbons (Fsp3) is 0.786. The molecule has 2 aliphatic heterocycles. The lowest BCUT2D eigenvalue weighted by Crippen LogP contribution is -2.38. The van der Waals surface area contributed by atoms with Gasteiger partial charge in [-0.1, -0.05) is 0 Å². The molecule has 0 aromatic carbocycles. The largest absolute Gasteiger partial charge is 0.375 e.